The summed E-state index contributed by atoms with van der Waals surface area (Å²) in [6.07, 6.45) is 2.88. The average molecular weight is 515 g/mol. The number of hydrogen-bond acceptors (Lipinski definition) is 3. The van der Waals surface area contributed by atoms with Crippen LogP contribution in [0.2, 0.25) is 0 Å². The second-order valence-corrected chi connectivity index (χ2v) is 8.46. The molecule has 1 atom stereocenters. The third-order valence-corrected chi connectivity index (χ3v) is 4.49. The molecule has 0 bridgehead atoms. The molecule has 29 heavy (non-hydrogen) atoms. The highest BCUT2D eigenvalue weighted by Crippen LogP contribution is 2.20. The first-order valence-electron chi connectivity index (χ1n) is 9.77. The van der Waals surface area contributed by atoms with Crippen molar-refractivity contribution in [2.75, 3.05) is 27.2 Å². The molecule has 3 N–H and O–H groups in total. The summed E-state index contributed by atoms with van der Waals surface area (Å²) in [6, 6.07) is 8.66. The van der Waals surface area contributed by atoms with Crippen LogP contribution in [0.3, 0.4) is 0 Å². The van der Waals surface area contributed by atoms with Gasteiger partial charge in [0.15, 0.2) is 5.96 Å². The van der Waals surface area contributed by atoms with E-state index in [1.165, 1.54) is 16.0 Å². The summed E-state index contributed by atoms with van der Waals surface area (Å²) in [4.78, 5) is 30.0. The SMILES string of the molecule is CN(C)C(=O)CNC(=NCC(=O)NC(C)(C)C)NC1CCc2ccccc2C1.I. The Hall–Kier alpha value is -1.84. The van der Waals surface area contributed by atoms with Crippen LogP contribution >= 0.6 is 24.0 Å². The van der Waals surface area contributed by atoms with Crippen LogP contribution in [0.25, 0.3) is 0 Å². The maximum atomic E-state index is 12.1. The van der Waals surface area contributed by atoms with Crippen LogP contribution < -0.4 is 16.0 Å². The van der Waals surface area contributed by atoms with E-state index in [0.717, 1.165) is 19.3 Å². The number of halogens is 1. The Morgan fingerprint density at radius 1 is 1.17 bits per heavy atom. The monoisotopic (exact) mass is 515 g/mol. The Kier molecular flexibility index (Phi) is 9.88. The molecule has 2 amide bonds. The molecule has 8 heteroatoms. The number of amides is 2. The van der Waals surface area contributed by atoms with Gasteiger partial charge < -0.3 is 20.9 Å². The van der Waals surface area contributed by atoms with E-state index in [1.54, 1.807) is 14.1 Å². The van der Waals surface area contributed by atoms with Crippen molar-refractivity contribution in [1.29, 1.82) is 0 Å². The van der Waals surface area contributed by atoms with Crippen molar-refractivity contribution >= 4 is 41.8 Å². The smallest absolute Gasteiger partial charge is 0.242 e. The van der Waals surface area contributed by atoms with Crippen molar-refractivity contribution in [2.24, 2.45) is 4.99 Å². The molecule has 0 heterocycles. The summed E-state index contributed by atoms with van der Waals surface area (Å²) in [7, 11) is 3.42. The lowest BCUT2D eigenvalue weighted by Crippen LogP contribution is -2.49. The van der Waals surface area contributed by atoms with Crippen LogP contribution in [-0.2, 0) is 22.4 Å². The molecule has 162 valence electrons. The third-order valence-electron chi connectivity index (χ3n) is 4.49. The number of rotatable bonds is 5. The van der Waals surface area contributed by atoms with E-state index in [2.05, 4.69) is 45.2 Å². The van der Waals surface area contributed by atoms with E-state index in [9.17, 15) is 9.59 Å². The van der Waals surface area contributed by atoms with Gasteiger partial charge in [-0.3, -0.25) is 9.59 Å². The molecule has 1 unspecified atom stereocenters. The largest absolute Gasteiger partial charge is 0.353 e. The number of nitrogens with one attached hydrogen (secondary N) is 3. The van der Waals surface area contributed by atoms with Gasteiger partial charge in [0.2, 0.25) is 11.8 Å². The van der Waals surface area contributed by atoms with E-state index in [4.69, 9.17) is 0 Å². The van der Waals surface area contributed by atoms with Crippen LogP contribution in [-0.4, -0.2) is 61.4 Å². The lowest BCUT2D eigenvalue weighted by atomic mass is 9.88. The first-order valence-corrected chi connectivity index (χ1v) is 9.77. The highest BCUT2D eigenvalue weighted by atomic mass is 127. The Morgan fingerprint density at radius 3 is 2.45 bits per heavy atom. The minimum Gasteiger partial charge on any atom is -0.353 e. The topological polar surface area (TPSA) is 85.8 Å². The number of guanidine groups is 1. The molecule has 0 aliphatic heterocycles. The molecular weight excluding hydrogens is 481 g/mol. The third kappa shape index (κ3) is 9.01. The first kappa shape index (κ1) is 25.2. The van der Waals surface area contributed by atoms with Gasteiger partial charge in [0.05, 0.1) is 6.54 Å². The van der Waals surface area contributed by atoms with Gasteiger partial charge in [-0.15, -0.1) is 24.0 Å². The molecule has 1 aliphatic rings. The zero-order valence-electron chi connectivity index (χ0n) is 18.0. The van der Waals surface area contributed by atoms with Gasteiger partial charge in [0.1, 0.15) is 6.54 Å². The molecular formula is C21H34IN5O2. The number of carbonyl (C=O) groups is 2. The molecule has 0 fully saturated rings. The van der Waals surface area contributed by atoms with E-state index in [-0.39, 0.29) is 60.5 Å². The maximum Gasteiger partial charge on any atom is 0.242 e. The van der Waals surface area contributed by atoms with Gasteiger partial charge >= 0.3 is 0 Å². The van der Waals surface area contributed by atoms with E-state index in [0.29, 0.717) is 5.96 Å². The molecule has 1 aromatic rings. The van der Waals surface area contributed by atoms with Crippen LogP contribution in [0.4, 0.5) is 0 Å². The molecule has 0 saturated carbocycles. The fourth-order valence-electron chi connectivity index (χ4n) is 3.09. The summed E-state index contributed by atoms with van der Waals surface area (Å²) < 4.78 is 0. The number of carbonyl (C=O) groups excluding carboxylic acids is 2. The molecule has 2 rings (SSSR count). The predicted molar refractivity (Wildman–Crippen MR) is 128 cm³/mol. The fourth-order valence-corrected chi connectivity index (χ4v) is 3.09. The molecule has 1 aromatic carbocycles. The number of fused-ring (bicyclic) bond motifs is 1. The van der Waals surface area contributed by atoms with E-state index in [1.807, 2.05) is 20.8 Å². The van der Waals surface area contributed by atoms with Crippen molar-refractivity contribution in [3.05, 3.63) is 35.4 Å². The first-order chi connectivity index (χ1) is 13.1. The maximum absolute atomic E-state index is 12.1. The number of aliphatic imine (C=N–C) groups is 1. The van der Waals surface area contributed by atoms with Gasteiger partial charge in [-0.25, -0.2) is 4.99 Å². The summed E-state index contributed by atoms with van der Waals surface area (Å²) in [5.74, 6) is 0.285. The predicted octanol–water partition coefficient (Wildman–Crippen LogP) is 1.70. The van der Waals surface area contributed by atoms with Crippen molar-refractivity contribution in [3.8, 4) is 0 Å². The van der Waals surface area contributed by atoms with E-state index < -0.39 is 0 Å². The van der Waals surface area contributed by atoms with Crippen LogP contribution in [0.1, 0.15) is 38.3 Å². The lowest BCUT2D eigenvalue weighted by molar-refractivity contribution is -0.127. The quantitative estimate of drug-likeness (QED) is 0.317. The van der Waals surface area contributed by atoms with Gasteiger partial charge in [0, 0.05) is 25.7 Å². The highest BCUT2D eigenvalue weighted by molar-refractivity contribution is 14.0. The van der Waals surface area contributed by atoms with E-state index >= 15 is 0 Å². The molecule has 0 aromatic heterocycles. The van der Waals surface area contributed by atoms with Crippen LogP contribution in [0.5, 0.6) is 0 Å². The number of benzene rings is 1. The summed E-state index contributed by atoms with van der Waals surface area (Å²) >= 11 is 0. The molecule has 0 spiro atoms. The molecule has 0 saturated heterocycles. The zero-order chi connectivity index (χ0) is 20.7. The summed E-state index contributed by atoms with van der Waals surface area (Å²) in [5, 5.41) is 9.35. The van der Waals surface area contributed by atoms with Crippen LogP contribution in [0, 0.1) is 0 Å². The standard InChI is InChI=1S/C21H33N5O2.HI/c1-21(2,3)25-18(27)13-22-20(23-14-19(28)26(4)5)24-17-11-10-15-8-6-7-9-16(15)12-17;/h6-9,17H,10-14H2,1-5H3,(H,25,27)(H2,22,23,24);1H. The molecule has 1 aliphatic carbocycles. The average Bonchev–Trinajstić information content (AvgIpc) is 2.62. The number of hydrogen-bond donors (Lipinski definition) is 3. The Morgan fingerprint density at radius 2 is 1.83 bits per heavy atom. The van der Waals surface area contributed by atoms with Crippen molar-refractivity contribution in [3.63, 3.8) is 0 Å². The number of nitrogens with zero attached hydrogens (tertiary/aromatic N) is 2. The van der Waals surface area contributed by atoms with Gasteiger partial charge in [0.25, 0.3) is 0 Å². The van der Waals surface area contributed by atoms with Gasteiger partial charge in [-0.1, -0.05) is 24.3 Å². The Bertz CT molecular complexity index is 728. The van der Waals surface area contributed by atoms with Crippen molar-refractivity contribution < 1.29 is 9.59 Å². The minimum atomic E-state index is -0.304. The second kappa shape index (κ2) is 11.4. The summed E-state index contributed by atoms with van der Waals surface area (Å²) in [6.45, 7) is 5.93. The molecule has 0 radical (unpaired) electrons. The highest BCUT2D eigenvalue weighted by Gasteiger charge is 2.20. The number of aryl methyl sites for hydroxylation is 1. The van der Waals surface area contributed by atoms with Crippen molar-refractivity contribution in [2.45, 2.75) is 51.6 Å². The van der Waals surface area contributed by atoms with Gasteiger partial charge in [-0.05, 0) is 51.2 Å². The minimum absolute atomic E-state index is 0. The summed E-state index contributed by atoms with van der Waals surface area (Å²) in [5.41, 5.74) is 2.42. The number of likely N-dealkylation sites (N-methyl/N-ethyl adjacent to an activating group) is 1. The fraction of sp³-hybridized carbons (Fsp3) is 0.571. The lowest BCUT2D eigenvalue weighted by Gasteiger charge is -2.27. The Labute approximate surface area is 191 Å². The van der Waals surface area contributed by atoms with Crippen molar-refractivity contribution in [1.82, 2.24) is 20.9 Å². The zero-order valence-corrected chi connectivity index (χ0v) is 20.4. The second-order valence-electron chi connectivity index (χ2n) is 8.46. The van der Waals surface area contributed by atoms with Crippen LogP contribution in [0.15, 0.2) is 29.3 Å². The Balaban J connectivity index is 0.00000420. The molecule has 7 nitrogen and oxygen atoms in total. The normalized spacial score (nSPS) is 16.2. The van der Waals surface area contributed by atoms with Gasteiger partial charge in [-0.2, -0.15) is 0 Å².